The van der Waals surface area contributed by atoms with E-state index in [1.54, 1.807) is 6.07 Å². The molecule has 2 fully saturated rings. The lowest BCUT2D eigenvalue weighted by Crippen LogP contribution is -2.45. The van der Waals surface area contributed by atoms with Gasteiger partial charge in [0.2, 0.25) is 0 Å². The zero-order valence-corrected chi connectivity index (χ0v) is 13.5. The van der Waals surface area contributed by atoms with Gasteiger partial charge in [-0.2, -0.15) is 13.2 Å². The standard InChI is InChI=1S/C16H23F3N4O/c17-16(18,19)12-4-3-5-15(24,9-12)10-20-13-8-14(22-11-21-13)23-6-1-2-7-23/h8,11-12,24H,1-7,9-10H2,(H,20,21,22). The smallest absolute Gasteiger partial charge is 0.388 e. The average Bonchev–Trinajstić information content (AvgIpc) is 3.07. The highest BCUT2D eigenvalue weighted by Gasteiger charge is 2.46. The fourth-order valence-electron chi connectivity index (χ4n) is 3.60. The Morgan fingerprint density at radius 2 is 2.00 bits per heavy atom. The molecule has 0 aromatic carbocycles. The zero-order chi connectivity index (χ0) is 17.2. The SMILES string of the molecule is OC1(CNc2cc(N3CCCC3)ncn2)CCCC(C(F)(F)F)C1. The van der Waals surface area contributed by atoms with Crippen molar-refractivity contribution in [1.29, 1.82) is 0 Å². The average molecular weight is 344 g/mol. The van der Waals surface area contributed by atoms with Crippen LogP contribution in [0.5, 0.6) is 0 Å². The van der Waals surface area contributed by atoms with Gasteiger partial charge >= 0.3 is 6.18 Å². The second-order valence-corrected chi connectivity index (χ2v) is 6.87. The van der Waals surface area contributed by atoms with Crippen LogP contribution in [0, 0.1) is 5.92 Å². The number of nitrogens with one attached hydrogen (secondary N) is 1. The van der Waals surface area contributed by atoms with Gasteiger partial charge in [-0.3, -0.25) is 0 Å². The summed E-state index contributed by atoms with van der Waals surface area (Å²) in [6.45, 7) is 1.97. The summed E-state index contributed by atoms with van der Waals surface area (Å²) in [6.07, 6.45) is 0.0517. The number of halogens is 3. The van der Waals surface area contributed by atoms with Crippen molar-refractivity contribution in [2.75, 3.05) is 29.9 Å². The molecule has 1 aromatic heterocycles. The highest BCUT2D eigenvalue weighted by molar-refractivity contribution is 5.49. The Morgan fingerprint density at radius 3 is 2.71 bits per heavy atom. The van der Waals surface area contributed by atoms with Crippen molar-refractivity contribution in [3.8, 4) is 0 Å². The van der Waals surface area contributed by atoms with Gasteiger partial charge in [-0.05, 0) is 38.5 Å². The van der Waals surface area contributed by atoms with Crippen LogP contribution in [0.4, 0.5) is 24.8 Å². The minimum atomic E-state index is -4.24. The summed E-state index contributed by atoms with van der Waals surface area (Å²) in [4.78, 5) is 10.5. The molecule has 134 valence electrons. The van der Waals surface area contributed by atoms with Crippen LogP contribution in [0.1, 0.15) is 38.5 Å². The van der Waals surface area contributed by atoms with Gasteiger partial charge in [0.25, 0.3) is 0 Å². The first-order chi connectivity index (χ1) is 11.4. The Labute approximate surface area is 139 Å². The maximum Gasteiger partial charge on any atom is 0.391 e. The molecule has 1 saturated heterocycles. The Balaban J connectivity index is 1.61. The summed E-state index contributed by atoms with van der Waals surface area (Å²) in [5, 5.41) is 13.5. The molecular formula is C16H23F3N4O. The molecule has 1 saturated carbocycles. The van der Waals surface area contributed by atoms with Crippen molar-refractivity contribution in [1.82, 2.24) is 9.97 Å². The summed E-state index contributed by atoms with van der Waals surface area (Å²) in [5.74, 6) is -0.0770. The molecular weight excluding hydrogens is 321 g/mol. The van der Waals surface area contributed by atoms with E-state index in [2.05, 4.69) is 20.2 Å². The van der Waals surface area contributed by atoms with Gasteiger partial charge in [0.1, 0.15) is 18.0 Å². The third-order valence-corrected chi connectivity index (χ3v) is 4.97. The Morgan fingerprint density at radius 1 is 1.25 bits per heavy atom. The molecule has 0 radical (unpaired) electrons. The van der Waals surface area contributed by atoms with E-state index in [4.69, 9.17) is 0 Å². The van der Waals surface area contributed by atoms with Gasteiger partial charge in [-0.15, -0.1) is 0 Å². The summed E-state index contributed by atoms with van der Waals surface area (Å²) in [7, 11) is 0. The van der Waals surface area contributed by atoms with Crippen molar-refractivity contribution >= 4 is 11.6 Å². The van der Waals surface area contributed by atoms with E-state index in [-0.39, 0.29) is 19.4 Å². The normalized spacial score (nSPS) is 28.2. The van der Waals surface area contributed by atoms with E-state index in [1.807, 2.05) is 0 Å². The second-order valence-electron chi connectivity index (χ2n) is 6.87. The molecule has 2 heterocycles. The number of aromatic nitrogens is 2. The van der Waals surface area contributed by atoms with Crippen molar-refractivity contribution in [3.63, 3.8) is 0 Å². The summed E-state index contributed by atoms with van der Waals surface area (Å²) >= 11 is 0. The van der Waals surface area contributed by atoms with E-state index in [0.717, 1.165) is 31.7 Å². The van der Waals surface area contributed by atoms with Crippen molar-refractivity contribution < 1.29 is 18.3 Å². The fourth-order valence-corrected chi connectivity index (χ4v) is 3.60. The predicted octanol–water partition coefficient (Wildman–Crippen LogP) is 2.97. The van der Waals surface area contributed by atoms with Gasteiger partial charge in [-0.1, -0.05) is 0 Å². The van der Waals surface area contributed by atoms with Crippen LogP contribution >= 0.6 is 0 Å². The molecule has 2 aliphatic rings. The maximum absolute atomic E-state index is 12.9. The van der Waals surface area contributed by atoms with Crippen LogP contribution in [0.2, 0.25) is 0 Å². The van der Waals surface area contributed by atoms with Crippen molar-refractivity contribution in [2.45, 2.75) is 50.3 Å². The van der Waals surface area contributed by atoms with Gasteiger partial charge in [0.05, 0.1) is 11.5 Å². The highest BCUT2D eigenvalue weighted by Crippen LogP contribution is 2.41. The van der Waals surface area contributed by atoms with Crippen LogP contribution < -0.4 is 10.2 Å². The van der Waals surface area contributed by atoms with Gasteiger partial charge < -0.3 is 15.3 Å². The van der Waals surface area contributed by atoms with Crippen molar-refractivity contribution in [2.24, 2.45) is 5.92 Å². The Hall–Kier alpha value is -1.57. The minimum Gasteiger partial charge on any atom is -0.388 e. The molecule has 3 rings (SSSR count). The van der Waals surface area contributed by atoms with Crippen LogP contribution in [0.3, 0.4) is 0 Å². The third kappa shape index (κ3) is 4.09. The van der Waals surface area contributed by atoms with Crippen molar-refractivity contribution in [3.05, 3.63) is 12.4 Å². The second kappa shape index (κ2) is 6.74. The number of alkyl halides is 3. The Kier molecular flexibility index (Phi) is 4.85. The molecule has 2 N–H and O–H groups in total. The molecule has 0 amide bonds. The maximum atomic E-state index is 12.9. The van der Waals surface area contributed by atoms with Gasteiger partial charge in [0.15, 0.2) is 0 Å². The lowest BCUT2D eigenvalue weighted by Gasteiger charge is -2.37. The van der Waals surface area contributed by atoms with E-state index >= 15 is 0 Å². The molecule has 0 bridgehead atoms. The lowest BCUT2D eigenvalue weighted by molar-refractivity contribution is -0.199. The van der Waals surface area contributed by atoms with Gasteiger partial charge in [0, 0.05) is 25.7 Å². The third-order valence-electron chi connectivity index (χ3n) is 4.97. The van der Waals surface area contributed by atoms with Gasteiger partial charge in [-0.25, -0.2) is 9.97 Å². The molecule has 8 heteroatoms. The molecule has 1 aliphatic carbocycles. The van der Waals surface area contributed by atoms with Crippen LogP contribution in [0.25, 0.3) is 0 Å². The first-order valence-corrected chi connectivity index (χ1v) is 8.46. The summed E-state index contributed by atoms with van der Waals surface area (Å²) in [6, 6.07) is 1.79. The molecule has 24 heavy (non-hydrogen) atoms. The predicted molar refractivity (Wildman–Crippen MR) is 84.9 cm³/mol. The molecule has 1 aliphatic heterocycles. The van der Waals surface area contributed by atoms with E-state index in [0.29, 0.717) is 18.7 Å². The van der Waals surface area contributed by atoms with Crippen LogP contribution in [0.15, 0.2) is 12.4 Å². The topological polar surface area (TPSA) is 61.3 Å². The highest BCUT2D eigenvalue weighted by atomic mass is 19.4. The number of rotatable bonds is 4. The van der Waals surface area contributed by atoms with E-state index in [9.17, 15) is 18.3 Å². The molecule has 0 spiro atoms. The monoisotopic (exact) mass is 344 g/mol. The number of hydrogen-bond donors (Lipinski definition) is 2. The quantitative estimate of drug-likeness (QED) is 0.879. The lowest BCUT2D eigenvalue weighted by atomic mass is 9.77. The number of nitrogens with zero attached hydrogens (tertiary/aromatic N) is 3. The first-order valence-electron chi connectivity index (χ1n) is 8.46. The summed E-state index contributed by atoms with van der Waals surface area (Å²) < 4.78 is 38.7. The Bertz CT molecular complexity index is 562. The largest absolute Gasteiger partial charge is 0.391 e. The summed E-state index contributed by atoms with van der Waals surface area (Å²) in [5.41, 5.74) is -1.35. The molecule has 2 unspecified atom stereocenters. The number of aliphatic hydroxyl groups is 1. The number of anilines is 2. The molecule has 5 nitrogen and oxygen atoms in total. The number of hydrogen-bond acceptors (Lipinski definition) is 5. The fraction of sp³-hybridized carbons (Fsp3) is 0.750. The zero-order valence-electron chi connectivity index (χ0n) is 13.5. The first kappa shape index (κ1) is 17.3. The van der Waals surface area contributed by atoms with Crippen LogP contribution in [-0.4, -0.2) is 46.5 Å². The molecule has 2 atom stereocenters. The molecule has 1 aromatic rings. The van der Waals surface area contributed by atoms with E-state index < -0.39 is 17.7 Å². The van der Waals surface area contributed by atoms with Crippen LogP contribution in [-0.2, 0) is 0 Å². The van der Waals surface area contributed by atoms with E-state index in [1.165, 1.54) is 6.33 Å². The minimum absolute atomic E-state index is 0.0655.